The highest BCUT2D eigenvalue weighted by atomic mass is 35.5. The van der Waals surface area contributed by atoms with Gasteiger partial charge in [-0.3, -0.25) is 0 Å². The van der Waals surface area contributed by atoms with Gasteiger partial charge in [-0.05, 0) is 49.7 Å². The average Bonchev–Trinajstić information content (AvgIpc) is 3.01. The molecule has 1 aromatic rings. The van der Waals surface area contributed by atoms with Crippen molar-refractivity contribution < 1.29 is 4.74 Å². The summed E-state index contributed by atoms with van der Waals surface area (Å²) in [4.78, 5) is 14.6. The fourth-order valence-corrected chi connectivity index (χ4v) is 3.32. The number of hydrogen-bond acceptors (Lipinski definition) is 6. The molecule has 3 rings (SSSR count). The molecule has 1 aromatic heterocycles. The fraction of sp³-hybridized carbons (Fsp3) is 0.769. The van der Waals surface area contributed by atoms with Gasteiger partial charge in [-0.25, -0.2) is 0 Å². The van der Waals surface area contributed by atoms with Crippen LogP contribution >= 0.6 is 11.6 Å². The summed E-state index contributed by atoms with van der Waals surface area (Å²) in [5.41, 5.74) is 0. The average molecular weight is 298 g/mol. The van der Waals surface area contributed by atoms with E-state index >= 15 is 0 Å². The molecule has 110 valence electrons. The van der Waals surface area contributed by atoms with Crippen molar-refractivity contribution in [1.29, 1.82) is 0 Å². The first-order valence-corrected chi connectivity index (χ1v) is 7.58. The topological polar surface area (TPSA) is 63.2 Å². The van der Waals surface area contributed by atoms with E-state index in [4.69, 9.17) is 16.3 Å². The summed E-state index contributed by atoms with van der Waals surface area (Å²) in [5, 5.41) is 3.79. The maximum absolute atomic E-state index is 5.90. The second kappa shape index (κ2) is 6.10. The van der Waals surface area contributed by atoms with Gasteiger partial charge < -0.3 is 15.0 Å². The molecule has 0 bridgehead atoms. The highest BCUT2D eigenvalue weighted by Crippen LogP contribution is 2.27. The molecule has 2 aliphatic rings. The van der Waals surface area contributed by atoms with Gasteiger partial charge in [0.1, 0.15) is 0 Å². The number of piperidine rings is 1. The van der Waals surface area contributed by atoms with E-state index in [9.17, 15) is 0 Å². The van der Waals surface area contributed by atoms with Crippen LogP contribution in [-0.2, 0) is 0 Å². The Kier molecular flexibility index (Phi) is 4.21. The first-order chi connectivity index (χ1) is 9.76. The number of hydrogen-bond donors (Lipinski definition) is 1. The van der Waals surface area contributed by atoms with Gasteiger partial charge in [-0.1, -0.05) is 0 Å². The zero-order valence-electron chi connectivity index (χ0n) is 11.7. The molecule has 1 unspecified atom stereocenters. The number of nitrogens with one attached hydrogen (secondary N) is 1. The number of rotatable bonds is 3. The third-order valence-corrected chi connectivity index (χ3v) is 4.42. The van der Waals surface area contributed by atoms with Crippen LogP contribution in [0.5, 0.6) is 6.01 Å². The van der Waals surface area contributed by atoms with Gasteiger partial charge >= 0.3 is 6.01 Å². The fourth-order valence-electron chi connectivity index (χ4n) is 3.17. The highest BCUT2D eigenvalue weighted by molar-refractivity contribution is 6.28. The Hall–Kier alpha value is -1.14. The number of halogens is 1. The molecular weight excluding hydrogens is 278 g/mol. The van der Waals surface area contributed by atoms with Crippen molar-refractivity contribution in [2.75, 3.05) is 31.6 Å². The lowest BCUT2D eigenvalue weighted by atomic mass is 9.89. The number of aromatic nitrogens is 3. The summed E-state index contributed by atoms with van der Waals surface area (Å²) in [6.45, 7) is 3.10. The molecule has 20 heavy (non-hydrogen) atoms. The third kappa shape index (κ3) is 2.96. The van der Waals surface area contributed by atoms with Crippen LogP contribution in [0, 0.1) is 5.92 Å². The van der Waals surface area contributed by atoms with Gasteiger partial charge in [0.15, 0.2) is 0 Å². The highest BCUT2D eigenvalue weighted by Gasteiger charge is 2.29. The first-order valence-electron chi connectivity index (χ1n) is 7.20. The van der Waals surface area contributed by atoms with Gasteiger partial charge in [-0.2, -0.15) is 15.0 Å². The van der Waals surface area contributed by atoms with E-state index in [1.807, 2.05) is 0 Å². The molecule has 6 nitrogen and oxygen atoms in total. The molecule has 7 heteroatoms. The number of nitrogens with zero attached hydrogens (tertiary/aromatic N) is 4. The van der Waals surface area contributed by atoms with Crippen molar-refractivity contribution >= 4 is 17.5 Å². The largest absolute Gasteiger partial charge is 0.467 e. The summed E-state index contributed by atoms with van der Waals surface area (Å²) >= 11 is 5.90. The summed E-state index contributed by atoms with van der Waals surface area (Å²) in [5.74, 6) is 1.40. The van der Waals surface area contributed by atoms with Crippen molar-refractivity contribution in [3.8, 4) is 6.01 Å². The standard InChI is InChI=1S/C13H20ClN5O/c1-20-13-17-11(14)16-12(18-13)19-7-4-9(5-8-19)10-3-2-6-15-10/h9-10,15H,2-8H2,1H3. The predicted octanol–water partition coefficient (Wildman–Crippen LogP) is 1.50. The Bertz CT molecular complexity index is 458. The van der Waals surface area contributed by atoms with E-state index in [2.05, 4.69) is 25.2 Å². The SMILES string of the molecule is COc1nc(Cl)nc(N2CCC(C3CCCN3)CC2)n1. The van der Waals surface area contributed by atoms with Crippen molar-refractivity contribution in [2.24, 2.45) is 5.92 Å². The van der Waals surface area contributed by atoms with E-state index in [-0.39, 0.29) is 11.3 Å². The summed E-state index contributed by atoms with van der Waals surface area (Å²) in [6, 6.07) is 0.980. The number of ether oxygens (including phenoxy) is 1. The summed E-state index contributed by atoms with van der Waals surface area (Å²) in [7, 11) is 1.54. The first kappa shape index (κ1) is 13.8. The Morgan fingerprint density at radius 2 is 2.00 bits per heavy atom. The molecule has 2 saturated heterocycles. The normalized spacial score (nSPS) is 24.1. The smallest absolute Gasteiger partial charge is 0.322 e. The quantitative estimate of drug-likeness (QED) is 0.912. The maximum atomic E-state index is 5.90. The minimum absolute atomic E-state index is 0.187. The van der Waals surface area contributed by atoms with Crippen LogP contribution < -0.4 is 15.0 Å². The third-order valence-electron chi connectivity index (χ3n) is 4.25. The van der Waals surface area contributed by atoms with Gasteiger partial charge in [0.25, 0.3) is 0 Å². The lowest BCUT2D eigenvalue weighted by Crippen LogP contribution is -2.41. The van der Waals surface area contributed by atoms with Crippen molar-refractivity contribution in [1.82, 2.24) is 20.3 Å². The Balaban J connectivity index is 1.64. The molecule has 0 saturated carbocycles. The van der Waals surface area contributed by atoms with Crippen LogP contribution in [0.3, 0.4) is 0 Å². The van der Waals surface area contributed by atoms with E-state index < -0.39 is 0 Å². The van der Waals surface area contributed by atoms with Gasteiger partial charge in [0, 0.05) is 19.1 Å². The monoisotopic (exact) mass is 297 g/mol. The van der Waals surface area contributed by atoms with E-state index in [1.54, 1.807) is 0 Å². The van der Waals surface area contributed by atoms with Crippen molar-refractivity contribution in [3.05, 3.63) is 5.28 Å². The Labute approximate surface area is 123 Å². The Morgan fingerprint density at radius 1 is 1.20 bits per heavy atom. The van der Waals surface area contributed by atoms with Gasteiger partial charge in [0.05, 0.1) is 7.11 Å². The molecule has 3 heterocycles. The summed E-state index contributed by atoms with van der Waals surface area (Å²) < 4.78 is 5.05. The lowest BCUT2D eigenvalue weighted by Gasteiger charge is -2.34. The summed E-state index contributed by atoms with van der Waals surface area (Å²) in [6.07, 6.45) is 4.97. The van der Waals surface area contributed by atoms with Crippen molar-refractivity contribution in [2.45, 2.75) is 31.7 Å². The second-order valence-corrected chi connectivity index (χ2v) is 5.76. The minimum Gasteiger partial charge on any atom is -0.467 e. The maximum Gasteiger partial charge on any atom is 0.322 e. The molecule has 0 aromatic carbocycles. The van der Waals surface area contributed by atoms with Crippen LogP contribution in [0.1, 0.15) is 25.7 Å². The Morgan fingerprint density at radius 3 is 2.65 bits per heavy atom. The van der Waals surface area contributed by atoms with E-state index in [1.165, 1.54) is 39.3 Å². The minimum atomic E-state index is 0.187. The van der Waals surface area contributed by atoms with E-state index in [0.717, 1.165) is 19.0 Å². The molecule has 0 spiro atoms. The van der Waals surface area contributed by atoms with E-state index in [0.29, 0.717) is 12.0 Å². The van der Waals surface area contributed by atoms with Crippen LogP contribution in [0.2, 0.25) is 5.28 Å². The molecule has 0 amide bonds. The van der Waals surface area contributed by atoms with Crippen LogP contribution in [-0.4, -0.2) is 47.7 Å². The van der Waals surface area contributed by atoms with Crippen LogP contribution in [0.4, 0.5) is 5.95 Å². The molecule has 1 N–H and O–H groups in total. The predicted molar refractivity (Wildman–Crippen MR) is 77.4 cm³/mol. The molecule has 1 atom stereocenters. The lowest BCUT2D eigenvalue weighted by molar-refractivity contribution is 0.316. The molecule has 2 fully saturated rings. The van der Waals surface area contributed by atoms with Gasteiger partial charge in [0.2, 0.25) is 11.2 Å². The zero-order chi connectivity index (χ0) is 13.9. The van der Waals surface area contributed by atoms with Crippen molar-refractivity contribution in [3.63, 3.8) is 0 Å². The van der Waals surface area contributed by atoms with Gasteiger partial charge in [-0.15, -0.1) is 0 Å². The molecule has 0 aliphatic carbocycles. The zero-order valence-corrected chi connectivity index (χ0v) is 12.4. The molecule has 0 radical (unpaired) electrons. The number of methoxy groups -OCH3 is 1. The molecule has 2 aliphatic heterocycles. The van der Waals surface area contributed by atoms with Crippen LogP contribution in [0.15, 0.2) is 0 Å². The van der Waals surface area contributed by atoms with Crippen LogP contribution in [0.25, 0.3) is 0 Å². The number of anilines is 1. The molecular formula is C13H20ClN5O. The second-order valence-electron chi connectivity index (χ2n) is 5.42.